The van der Waals surface area contributed by atoms with E-state index >= 15 is 0 Å². The number of likely N-dealkylation sites (N-methyl/N-ethyl adjacent to an activating group) is 1. The molecular formula is C29H33N3O4S. The summed E-state index contributed by atoms with van der Waals surface area (Å²) in [5.74, 6) is -0.445. The van der Waals surface area contributed by atoms with Crippen molar-refractivity contribution in [2.75, 3.05) is 20.1 Å². The number of hydrogen-bond acceptors (Lipinski definition) is 5. The number of thiophene rings is 1. The van der Waals surface area contributed by atoms with Crippen molar-refractivity contribution in [2.24, 2.45) is 0 Å². The molecule has 0 bridgehead atoms. The molecule has 1 aliphatic heterocycles. The first-order chi connectivity index (χ1) is 18.0. The monoisotopic (exact) mass is 519 g/mol. The number of carbonyl (C=O) groups excluding carboxylic acids is 3. The van der Waals surface area contributed by atoms with Crippen LogP contribution in [0.5, 0.6) is 0 Å². The normalized spacial score (nSPS) is 15.6. The summed E-state index contributed by atoms with van der Waals surface area (Å²) < 4.78 is 0. The zero-order valence-corrected chi connectivity index (χ0v) is 21.8. The molecular weight excluding hydrogens is 486 g/mol. The van der Waals surface area contributed by atoms with Gasteiger partial charge in [0.15, 0.2) is 0 Å². The Kier molecular flexibility index (Phi) is 9.09. The highest BCUT2D eigenvalue weighted by atomic mass is 32.1. The van der Waals surface area contributed by atoms with Crippen molar-refractivity contribution in [3.8, 4) is 11.1 Å². The van der Waals surface area contributed by atoms with Gasteiger partial charge < -0.3 is 20.2 Å². The van der Waals surface area contributed by atoms with E-state index < -0.39 is 18.2 Å². The van der Waals surface area contributed by atoms with E-state index in [2.05, 4.69) is 5.32 Å². The second-order valence-corrected chi connectivity index (χ2v) is 10.4. The summed E-state index contributed by atoms with van der Waals surface area (Å²) in [5, 5.41) is 14.5. The fourth-order valence-electron chi connectivity index (χ4n) is 4.70. The average Bonchev–Trinajstić information content (AvgIpc) is 3.45. The highest BCUT2D eigenvalue weighted by Crippen LogP contribution is 2.22. The van der Waals surface area contributed by atoms with Gasteiger partial charge in [0.2, 0.25) is 18.2 Å². The van der Waals surface area contributed by atoms with Crippen LogP contribution in [-0.4, -0.2) is 71.5 Å². The lowest BCUT2D eigenvalue weighted by molar-refractivity contribution is -0.147. The van der Waals surface area contributed by atoms with Gasteiger partial charge in [-0.3, -0.25) is 14.4 Å². The first-order valence-electron chi connectivity index (χ1n) is 12.6. The quantitative estimate of drug-likeness (QED) is 0.403. The van der Waals surface area contributed by atoms with Gasteiger partial charge in [0.05, 0.1) is 6.10 Å². The second-order valence-electron chi connectivity index (χ2n) is 9.41. The molecule has 1 fully saturated rings. The van der Waals surface area contributed by atoms with Crippen LogP contribution in [0.2, 0.25) is 0 Å². The number of benzene rings is 2. The van der Waals surface area contributed by atoms with Gasteiger partial charge in [-0.2, -0.15) is 0 Å². The molecule has 1 saturated heterocycles. The second kappa shape index (κ2) is 12.7. The molecule has 2 aromatic carbocycles. The van der Waals surface area contributed by atoms with Crippen LogP contribution in [0.1, 0.15) is 23.3 Å². The number of piperidine rings is 1. The SMILES string of the molecule is CN(C(=O)C(Cc1ccc(-c2ccccc2)cc1)NC=O)C(Cc1cccs1)C(=O)N1CCC(O)CC1. The largest absolute Gasteiger partial charge is 0.393 e. The average molecular weight is 520 g/mol. The smallest absolute Gasteiger partial charge is 0.245 e. The molecule has 3 aromatic rings. The van der Waals surface area contributed by atoms with Crippen molar-refractivity contribution < 1.29 is 19.5 Å². The first kappa shape index (κ1) is 26.6. The fraction of sp³-hybridized carbons (Fsp3) is 0.345. The number of amides is 3. The van der Waals surface area contributed by atoms with Gasteiger partial charge in [-0.15, -0.1) is 11.3 Å². The molecule has 2 unspecified atom stereocenters. The standard InChI is InChI=1S/C29H33N3O4S/c1-31(27(19-25-8-5-17-37-25)29(36)32-15-13-24(34)14-16-32)28(35)26(30-20-33)18-21-9-11-23(12-10-21)22-6-3-2-4-7-22/h2-12,17,20,24,26-27,34H,13-16,18-19H2,1H3,(H,30,33). The number of hydrogen-bond donors (Lipinski definition) is 2. The highest BCUT2D eigenvalue weighted by Gasteiger charge is 2.35. The number of aliphatic hydroxyl groups excluding tert-OH is 1. The first-order valence-corrected chi connectivity index (χ1v) is 13.4. The third-order valence-corrected chi connectivity index (χ3v) is 7.82. The Bertz CT molecular complexity index is 1160. The number of carbonyl (C=O) groups is 3. The molecule has 1 aromatic heterocycles. The van der Waals surface area contributed by atoms with Crippen molar-refractivity contribution in [2.45, 2.75) is 43.9 Å². The third kappa shape index (κ3) is 6.84. The topological polar surface area (TPSA) is 90.0 Å². The minimum atomic E-state index is -0.799. The summed E-state index contributed by atoms with van der Waals surface area (Å²) in [4.78, 5) is 42.8. The van der Waals surface area contributed by atoms with Crippen LogP contribution in [0.4, 0.5) is 0 Å². The maximum atomic E-state index is 13.6. The maximum Gasteiger partial charge on any atom is 0.245 e. The number of rotatable bonds is 10. The van der Waals surface area contributed by atoms with Crippen LogP contribution in [0.15, 0.2) is 72.1 Å². The van der Waals surface area contributed by atoms with Gasteiger partial charge in [0.25, 0.3) is 0 Å². The molecule has 37 heavy (non-hydrogen) atoms. The minimum absolute atomic E-state index is 0.131. The van der Waals surface area contributed by atoms with E-state index in [-0.39, 0.29) is 11.8 Å². The van der Waals surface area contributed by atoms with Crippen LogP contribution in [0, 0.1) is 0 Å². The lowest BCUT2D eigenvalue weighted by Gasteiger charge is -2.36. The van der Waals surface area contributed by atoms with E-state index in [0.717, 1.165) is 21.6 Å². The van der Waals surface area contributed by atoms with Crippen LogP contribution in [-0.2, 0) is 27.2 Å². The van der Waals surface area contributed by atoms with Crippen molar-refractivity contribution in [3.05, 3.63) is 82.6 Å². The maximum absolute atomic E-state index is 13.6. The Balaban J connectivity index is 1.50. The summed E-state index contributed by atoms with van der Waals surface area (Å²) in [6, 6.07) is 20.3. The summed E-state index contributed by atoms with van der Waals surface area (Å²) in [6.07, 6.45) is 1.92. The van der Waals surface area contributed by atoms with E-state index in [1.165, 1.54) is 4.90 Å². The van der Waals surface area contributed by atoms with Gasteiger partial charge in [-0.25, -0.2) is 0 Å². The van der Waals surface area contributed by atoms with Crippen LogP contribution in [0.3, 0.4) is 0 Å². The van der Waals surface area contributed by atoms with Crippen LogP contribution < -0.4 is 5.32 Å². The molecule has 194 valence electrons. The summed E-state index contributed by atoms with van der Waals surface area (Å²) >= 11 is 1.55. The van der Waals surface area contributed by atoms with Gasteiger partial charge in [-0.1, -0.05) is 60.7 Å². The third-order valence-electron chi connectivity index (χ3n) is 6.92. The number of aliphatic hydroxyl groups is 1. The van der Waals surface area contributed by atoms with Gasteiger partial charge in [0, 0.05) is 37.9 Å². The number of likely N-dealkylation sites (tertiary alicyclic amines) is 1. The number of nitrogens with zero attached hydrogens (tertiary/aromatic N) is 2. The zero-order chi connectivity index (χ0) is 26.2. The fourth-order valence-corrected chi connectivity index (χ4v) is 5.45. The molecule has 0 spiro atoms. The molecule has 0 aliphatic carbocycles. The van der Waals surface area contributed by atoms with Gasteiger partial charge >= 0.3 is 0 Å². The molecule has 0 saturated carbocycles. The molecule has 2 heterocycles. The Morgan fingerprint density at radius 2 is 1.70 bits per heavy atom. The lowest BCUT2D eigenvalue weighted by Crippen LogP contribution is -2.56. The number of nitrogens with one attached hydrogen (secondary N) is 1. The lowest BCUT2D eigenvalue weighted by atomic mass is 9.99. The summed E-state index contributed by atoms with van der Waals surface area (Å²) in [5.41, 5.74) is 3.08. The van der Waals surface area contributed by atoms with Crippen LogP contribution in [0.25, 0.3) is 11.1 Å². The highest BCUT2D eigenvalue weighted by molar-refractivity contribution is 7.09. The predicted molar refractivity (Wildman–Crippen MR) is 145 cm³/mol. The Labute approximate surface area is 221 Å². The molecule has 4 rings (SSSR count). The van der Waals surface area contributed by atoms with E-state index in [0.29, 0.717) is 45.2 Å². The Morgan fingerprint density at radius 3 is 2.32 bits per heavy atom. The Hall–Kier alpha value is -3.49. The molecule has 2 N–H and O–H groups in total. The minimum Gasteiger partial charge on any atom is -0.393 e. The van der Waals surface area contributed by atoms with E-state index in [1.807, 2.05) is 72.1 Å². The van der Waals surface area contributed by atoms with Crippen molar-refractivity contribution in [3.63, 3.8) is 0 Å². The summed E-state index contributed by atoms with van der Waals surface area (Å²) in [7, 11) is 1.63. The van der Waals surface area contributed by atoms with Crippen LogP contribution >= 0.6 is 11.3 Å². The van der Waals surface area contributed by atoms with E-state index in [4.69, 9.17) is 0 Å². The van der Waals surface area contributed by atoms with Crippen molar-refractivity contribution in [1.29, 1.82) is 0 Å². The molecule has 2 atom stereocenters. The molecule has 7 nitrogen and oxygen atoms in total. The van der Waals surface area contributed by atoms with E-state index in [9.17, 15) is 19.5 Å². The Morgan fingerprint density at radius 1 is 1.03 bits per heavy atom. The van der Waals surface area contributed by atoms with Crippen molar-refractivity contribution >= 4 is 29.6 Å². The molecule has 8 heteroatoms. The van der Waals surface area contributed by atoms with Crippen molar-refractivity contribution in [1.82, 2.24) is 15.1 Å². The molecule has 3 amide bonds. The van der Waals surface area contributed by atoms with E-state index in [1.54, 1.807) is 23.3 Å². The van der Waals surface area contributed by atoms with Gasteiger partial charge in [-0.05, 0) is 41.0 Å². The summed E-state index contributed by atoms with van der Waals surface area (Å²) in [6.45, 7) is 0.930. The molecule has 0 radical (unpaired) electrons. The molecule has 1 aliphatic rings. The zero-order valence-electron chi connectivity index (χ0n) is 21.0. The predicted octanol–water partition coefficient (Wildman–Crippen LogP) is 3.13. The van der Waals surface area contributed by atoms with Gasteiger partial charge in [0.1, 0.15) is 12.1 Å².